The summed E-state index contributed by atoms with van der Waals surface area (Å²) in [6, 6.07) is 51.7. The lowest BCUT2D eigenvalue weighted by Crippen LogP contribution is -2.00. The van der Waals surface area contributed by atoms with Crippen LogP contribution in [0, 0.1) is 0 Å². The van der Waals surface area contributed by atoms with Gasteiger partial charge < -0.3 is 8.83 Å². The molecule has 0 fully saturated rings. The van der Waals surface area contributed by atoms with E-state index in [-0.39, 0.29) is 0 Å². The van der Waals surface area contributed by atoms with E-state index in [0.717, 1.165) is 82.5 Å². The molecule has 0 unspecified atom stereocenters. The van der Waals surface area contributed by atoms with Gasteiger partial charge in [0.1, 0.15) is 22.3 Å². The lowest BCUT2D eigenvalue weighted by Gasteiger charge is -2.10. The Morgan fingerprint density at radius 2 is 0.979 bits per heavy atom. The van der Waals surface area contributed by atoms with Gasteiger partial charge in [-0.15, -0.1) is 0 Å². The molecule has 5 nitrogen and oxygen atoms in total. The van der Waals surface area contributed by atoms with Gasteiger partial charge in [0.05, 0.1) is 0 Å². The van der Waals surface area contributed by atoms with Crippen molar-refractivity contribution in [3.8, 4) is 45.3 Å². The molecule has 0 N–H and O–H groups in total. The SMILES string of the molecule is c1ccc(-c2ccc(-c3nc(-c4ccc5c(c4)oc4ccccc45)nc(-c4cccc5oc6c7ccccc7ccc6c45)n3)cc2)cc1. The van der Waals surface area contributed by atoms with Crippen molar-refractivity contribution in [2.75, 3.05) is 0 Å². The number of para-hydroxylation sites is 1. The van der Waals surface area contributed by atoms with Crippen molar-refractivity contribution >= 4 is 54.6 Å². The van der Waals surface area contributed by atoms with Crippen LogP contribution in [0.25, 0.3) is 99.9 Å². The van der Waals surface area contributed by atoms with Crippen LogP contribution in [0.5, 0.6) is 0 Å². The predicted octanol–water partition coefficient (Wildman–Crippen LogP) is 11.5. The van der Waals surface area contributed by atoms with Crippen LogP contribution in [0.4, 0.5) is 0 Å². The molecule has 0 aliphatic carbocycles. The van der Waals surface area contributed by atoms with Crippen LogP contribution >= 0.6 is 0 Å². The molecule has 0 spiro atoms. The Morgan fingerprint density at radius 1 is 0.354 bits per heavy atom. The summed E-state index contributed by atoms with van der Waals surface area (Å²) in [5, 5.41) is 6.36. The van der Waals surface area contributed by atoms with E-state index in [0.29, 0.717) is 17.5 Å². The third kappa shape index (κ3) is 4.22. The minimum atomic E-state index is 0.569. The minimum absolute atomic E-state index is 0.569. The molecule has 0 saturated carbocycles. The average molecular weight is 616 g/mol. The van der Waals surface area contributed by atoms with Crippen LogP contribution < -0.4 is 0 Å². The number of hydrogen-bond donors (Lipinski definition) is 0. The predicted molar refractivity (Wildman–Crippen MR) is 194 cm³/mol. The molecule has 224 valence electrons. The first kappa shape index (κ1) is 26.6. The summed E-state index contributed by atoms with van der Waals surface area (Å²) in [7, 11) is 0. The summed E-state index contributed by atoms with van der Waals surface area (Å²) in [5.41, 5.74) is 8.22. The molecule has 0 radical (unpaired) electrons. The summed E-state index contributed by atoms with van der Waals surface area (Å²) in [4.78, 5) is 15.3. The van der Waals surface area contributed by atoms with Crippen LogP contribution in [-0.4, -0.2) is 15.0 Å². The molecule has 10 rings (SSSR count). The van der Waals surface area contributed by atoms with Gasteiger partial charge in [-0.25, -0.2) is 15.0 Å². The normalized spacial score (nSPS) is 11.8. The molecule has 7 aromatic carbocycles. The van der Waals surface area contributed by atoms with Gasteiger partial charge in [0.25, 0.3) is 0 Å². The third-order valence-electron chi connectivity index (χ3n) is 9.15. The maximum absolute atomic E-state index is 6.51. The second-order valence-corrected chi connectivity index (χ2v) is 12.0. The number of furan rings is 2. The van der Waals surface area contributed by atoms with Crippen LogP contribution in [-0.2, 0) is 0 Å². The zero-order valence-corrected chi connectivity index (χ0v) is 25.6. The smallest absolute Gasteiger partial charge is 0.164 e. The van der Waals surface area contributed by atoms with E-state index in [2.05, 4.69) is 97.1 Å². The van der Waals surface area contributed by atoms with Crippen molar-refractivity contribution < 1.29 is 8.83 Å². The topological polar surface area (TPSA) is 65.0 Å². The molecular weight excluding hydrogens is 590 g/mol. The second kappa shape index (κ2) is 10.5. The fourth-order valence-electron chi connectivity index (χ4n) is 6.80. The van der Waals surface area contributed by atoms with Gasteiger partial charge in [0, 0.05) is 43.6 Å². The number of hydrogen-bond acceptors (Lipinski definition) is 5. The summed E-state index contributed by atoms with van der Waals surface area (Å²) in [6.07, 6.45) is 0. The summed E-state index contributed by atoms with van der Waals surface area (Å²) in [5.74, 6) is 1.74. The van der Waals surface area contributed by atoms with E-state index in [1.54, 1.807) is 0 Å². The van der Waals surface area contributed by atoms with Crippen molar-refractivity contribution in [3.63, 3.8) is 0 Å². The number of rotatable bonds is 4. The van der Waals surface area contributed by atoms with E-state index in [4.69, 9.17) is 23.8 Å². The van der Waals surface area contributed by atoms with Gasteiger partial charge in [-0.2, -0.15) is 0 Å². The first-order valence-corrected chi connectivity index (χ1v) is 15.9. The van der Waals surface area contributed by atoms with Gasteiger partial charge in [0.2, 0.25) is 0 Å². The second-order valence-electron chi connectivity index (χ2n) is 12.0. The summed E-state index contributed by atoms with van der Waals surface area (Å²) in [6.45, 7) is 0. The highest BCUT2D eigenvalue weighted by atomic mass is 16.3. The Hall–Kier alpha value is -6.59. The highest BCUT2D eigenvalue weighted by Crippen LogP contribution is 2.40. The summed E-state index contributed by atoms with van der Waals surface area (Å²) >= 11 is 0. The van der Waals surface area contributed by atoms with Gasteiger partial charge in [-0.05, 0) is 46.8 Å². The molecule has 10 aromatic rings. The van der Waals surface area contributed by atoms with E-state index in [1.807, 2.05) is 54.6 Å². The van der Waals surface area contributed by atoms with Gasteiger partial charge in [0.15, 0.2) is 17.5 Å². The van der Waals surface area contributed by atoms with E-state index in [1.165, 1.54) is 0 Å². The largest absolute Gasteiger partial charge is 0.456 e. The van der Waals surface area contributed by atoms with Crippen LogP contribution in [0.15, 0.2) is 160 Å². The fraction of sp³-hybridized carbons (Fsp3) is 0. The van der Waals surface area contributed by atoms with Gasteiger partial charge in [-0.3, -0.25) is 0 Å². The maximum Gasteiger partial charge on any atom is 0.164 e. The molecular formula is C43H25N3O2. The van der Waals surface area contributed by atoms with Gasteiger partial charge in [-0.1, -0.05) is 121 Å². The molecule has 3 aromatic heterocycles. The molecule has 0 aliphatic heterocycles. The highest BCUT2D eigenvalue weighted by molar-refractivity contribution is 6.18. The van der Waals surface area contributed by atoms with Crippen LogP contribution in [0.3, 0.4) is 0 Å². The molecule has 0 bridgehead atoms. The number of fused-ring (bicyclic) bond motifs is 8. The zero-order valence-electron chi connectivity index (χ0n) is 25.6. The lowest BCUT2D eigenvalue weighted by atomic mass is 10.0. The first-order chi connectivity index (χ1) is 23.8. The van der Waals surface area contributed by atoms with Crippen molar-refractivity contribution in [1.29, 1.82) is 0 Å². The molecule has 0 saturated heterocycles. The van der Waals surface area contributed by atoms with E-state index < -0.39 is 0 Å². The van der Waals surface area contributed by atoms with Crippen LogP contribution in [0.1, 0.15) is 0 Å². The first-order valence-electron chi connectivity index (χ1n) is 15.9. The van der Waals surface area contributed by atoms with E-state index in [9.17, 15) is 0 Å². The van der Waals surface area contributed by atoms with Gasteiger partial charge >= 0.3 is 0 Å². The fourth-order valence-corrected chi connectivity index (χ4v) is 6.80. The Labute approximate surface area is 274 Å². The standard InChI is InChI=1S/C43H25N3O2/c1-2-9-26(10-3-1)27-17-19-29(20-18-27)41-44-42(30-22-23-33-32-13-6-7-15-36(32)47-38(33)25-30)46-43(45-41)35-14-8-16-37-39(35)34-24-21-28-11-4-5-12-31(28)40(34)48-37/h1-25H. The van der Waals surface area contributed by atoms with Crippen molar-refractivity contribution in [1.82, 2.24) is 15.0 Å². The number of benzene rings is 7. The lowest BCUT2D eigenvalue weighted by molar-refractivity contribution is 0.669. The number of nitrogens with zero attached hydrogens (tertiary/aromatic N) is 3. The minimum Gasteiger partial charge on any atom is -0.456 e. The number of aromatic nitrogens is 3. The maximum atomic E-state index is 6.51. The zero-order chi connectivity index (χ0) is 31.6. The Bertz CT molecular complexity index is 2830. The highest BCUT2D eigenvalue weighted by Gasteiger charge is 2.19. The average Bonchev–Trinajstić information content (AvgIpc) is 3.73. The van der Waals surface area contributed by atoms with Crippen molar-refractivity contribution in [2.45, 2.75) is 0 Å². The summed E-state index contributed by atoms with van der Waals surface area (Å²) < 4.78 is 12.8. The van der Waals surface area contributed by atoms with Crippen molar-refractivity contribution in [3.05, 3.63) is 152 Å². The molecule has 0 amide bonds. The molecule has 5 heteroatoms. The molecule has 0 aliphatic rings. The quantitative estimate of drug-likeness (QED) is 0.197. The van der Waals surface area contributed by atoms with Crippen LogP contribution in [0.2, 0.25) is 0 Å². The Balaban J connectivity index is 1.19. The Kier molecular flexibility index (Phi) is 5.81. The molecule has 3 heterocycles. The van der Waals surface area contributed by atoms with E-state index >= 15 is 0 Å². The Morgan fingerprint density at radius 3 is 1.85 bits per heavy atom. The molecule has 0 atom stereocenters. The third-order valence-corrected chi connectivity index (χ3v) is 9.15. The molecule has 48 heavy (non-hydrogen) atoms. The monoisotopic (exact) mass is 615 g/mol. The van der Waals surface area contributed by atoms with Crippen molar-refractivity contribution in [2.24, 2.45) is 0 Å².